The molecule has 2 aromatic rings. The molecule has 4 nitrogen and oxygen atoms in total. The zero-order valence-corrected chi connectivity index (χ0v) is 17.2. The van der Waals surface area contributed by atoms with Crippen LogP contribution >= 0.6 is 12.2 Å². The summed E-state index contributed by atoms with van der Waals surface area (Å²) in [5.41, 5.74) is 3.19. The van der Waals surface area contributed by atoms with E-state index in [-0.39, 0.29) is 11.9 Å². The van der Waals surface area contributed by atoms with Gasteiger partial charge in [-0.1, -0.05) is 43.3 Å². The van der Waals surface area contributed by atoms with Gasteiger partial charge in [0.05, 0.1) is 32.3 Å². The van der Waals surface area contributed by atoms with Crippen LogP contribution in [0.25, 0.3) is 0 Å². The molecule has 1 fully saturated rings. The summed E-state index contributed by atoms with van der Waals surface area (Å²) in [4.78, 5) is 1.53. The minimum absolute atomic E-state index is 0.197. The maximum Gasteiger partial charge on any atom is 0.167 e. The van der Waals surface area contributed by atoms with Crippen molar-refractivity contribution in [3.05, 3.63) is 71.0 Å². The van der Waals surface area contributed by atoms with Gasteiger partial charge in [-0.15, -0.1) is 0 Å². The van der Waals surface area contributed by atoms with Crippen LogP contribution in [0.4, 0.5) is 4.39 Å². The average molecular weight is 403 g/mol. The lowest BCUT2D eigenvalue weighted by molar-refractivity contribution is -0.906. The lowest BCUT2D eigenvalue weighted by Crippen LogP contribution is -3.14. The van der Waals surface area contributed by atoms with Gasteiger partial charge in [-0.05, 0) is 47.5 Å². The molecule has 3 rings (SSSR count). The second-order valence-corrected chi connectivity index (χ2v) is 7.50. The van der Waals surface area contributed by atoms with Crippen LogP contribution in [-0.4, -0.2) is 44.5 Å². The number of ether oxygens (including phenoxy) is 1. The standard InChI is InChI=1S/C22H28FN3OS/c1-2-17-6-8-18(9-7-17)21(19-4-3-5-20(23)16-19)25-22(28)24-10-11-26-12-14-27-15-13-26/h3-9,16,21H,2,10-15H2,1H3,(H2,24,25,28)/p+1/t21-/m0/s1. The van der Waals surface area contributed by atoms with E-state index in [9.17, 15) is 4.39 Å². The summed E-state index contributed by atoms with van der Waals surface area (Å²) in [6.45, 7) is 7.66. The lowest BCUT2D eigenvalue weighted by atomic mass is 9.97. The molecular formula is C22H29FN3OS+. The second-order valence-electron chi connectivity index (χ2n) is 7.10. The smallest absolute Gasteiger partial charge is 0.167 e. The van der Waals surface area contributed by atoms with Crippen LogP contribution in [0, 0.1) is 5.82 Å². The molecule has 0 amide bonds. The fourth-order valence-corrected chi connectivity index (χ4v) is 3.66. The number of hydrogen-bond donors (Lipinski definition) is 3. The predicted octanol–water partition coefficient (Wildman–Crippen LogP) is 1.86. The summed E-state index contributed by atoms with van der Waals surface area (Å²) in [6, 6.07) is 14.9. The van der Waals surface area contributed by atoms with Crippen LogP contribution in [0.2, 0.25) is 0 Å². The van der Waals surface area contributed by atoms with Gasteiger partial charge in [0, 0.05) is 0 Å². The summed E-state index contributed by atoms with van der Waals surface area (Å²) in [5.74, 6) is -0.246. The third-order valence-electron chi connectivity index (χ3n) is 5.14. The van der Waals surface area contributed by atoms with E-state index in [1.165, 1.54) is 16.5 Å². The fraction of sp³-hybridized carbons (Fsp3) is 0.409. The summed E-state index contributed by atoms with van der Waals surface area (Å²) < 4.78 is 19.2. The second kappa shape index (κ2) is 10.5. The van der Waals surface area contributed by atoms with Gasteiger partial charge in [0.2, 0.25) is 0 Å². The Labute approximate surface area is 172 Å². The molecule has 0 radical (unpaired) electrons. The van der Waals surface area contributed by atoms with Crippen molar-refractivity contribution in [2.45, 2.75) is 19.4 Å². The Morgan fingerprint density at radius 3 is 2.57 bits per heavy atom. The highest BCUT2D eigenvalue weighted by atomic mass is 32.1. The van der Waals surface area contributed by atoms with Crippen molar-refractivity contribution in [3.63, 3.8) is 0 Å². The maximum absolute atomic E-state index is 13.8. The molecule has 28 heavy (non-hydrogen) atoms. The van der Waals surface area contributed by atoms with E-state index in [1.54, 1.807) is 12.1 Å². The van der Waals surface area contributed by atoms with E-state index in [0.29, 0.717) is 5.11 Å². The molecule has 6 heteroatoms. The minimum atomic E-state index is -0.246. The van der Waals surface area contributed by atoms with Gasteiger partial charge >= 0.3 is 0 Å². The zero-order chi connectivity index (χ0) is 19.8. The van der Waals surface area contributed by atoms with E-state index < -0.39 is 0 Å². The van der Waals surface area contributed by atoms with Crippen molar-refractivity contribution in [1.82, 2.24) is 10.6 Å². The summed E-state index contributed by atoms with van der Waals surface area (Å²) in [7, 11) is 0. The first-order valence-electron chi connectivity index (χ1n) is 9.95. The molecule has 3 N–H and O–H groups in total. The quantitative estimate of drug-likeness (QED) is 0.618. The number of hydrogen-bond acceptors (Lipinski definition) is 2. The number of benzene rings is 2. The van der Waals surface area contributed by atoms with Gasteiger partial charge < -0.3 is 20.3 Å². The topological polar surface area (TPSA) is 37.7 Å². The molecule has 0 saturated carbocycles. The van der Waals surface area contributed by atoms with E-state index in [0.717, 1.165) is 56.9 Å². The van der Waals surface area contributed by atoms with Crippen molar-refractivity contribution in [2.75, 3.05) is 39.4 Å². The van der Waals surface area contributed by atoms with Crippen molar-refractivity contribution in [2.24, 2.45) is 0 Å². The number of aryl methyl sites for hydroxylation is 1. The first kappa shape index (κ1) is 20.7. The first-order valence-corrected chi connectivity index (χ1v) is 10.4. The molecule has 0 aromatic heterocycles. The number of rotatable bonds is 7. The molecule has 1 saturated heterocycles. The summed E-state index contributed by atoms with van der Waals surface area (Å²) in [5, 5.41) is 7.26. The minimum Gasteiger partial charge on any atom is -0.370 e. The van der Waals surface area contributed by atoms with Gasteiger partial charge in [0.25, 0.3) is 0 Å². The molecule has 0 aliphatic carbocycles. The van der Waals surface area contributed by atoms with Gasteiger partial charge in [-0.3, -0.25) is 0 Å². The Kier molecular flexibility index (Phi) is 7.77. The first-order chi connectivity index (χ1) is 13.7. The molecule has 0 unspecified atom stereocenters. The van der Waals surface area contributed by atoms with Crippen molar-refractivity contribution >= 4 is 17.3 Å². The third kappa shape index (κ3) is 5.99. The zero-order valence-electron chi connectivity index (χ0n) is 16.3. The molecule has 2 aromatic carbocycles. The number of quaternary nitrogens is 1. The summed E-state index contributed by atoms with van der Waals surface area (Å²) >= 11 is 5.53. The lowest BCUT2D eigenvalue weighted by Gasteiger charge is -2.25. The molecule has 0 spiro atoms. The van der Waals surface area contributed by atoms with Crippen LogP contribution in [0.15, 0.2) is 48.5 Å². The van der Waals surface area contributed by atoms with Crippen LogP contribution in [0.1, 0.15) is 29.7 Å². The van der Waals surface area contributed by atoms with Crippen molar-refractivity contribution in [1.29, 1.82) is 0 Å². The third-order valence-corrected chi connectivity index (χ3v) is 5.40. The molecule has 150 valence electrons. The van der Waals surface area contributed by atoms with Crippen LogP contribution in [0.5, 0.6) is 0 Å². The van der Waals surface area contributed by atoms with E-state index >= 15 is 0 Å². The number of morpholine rings is 1. The van der Waals surface area contributed by atoms with Crippen LogP contribution < -0.4 is 15.5 Å². The maximum atomic E-state index is 13.8. The number of thiocarbonyl (C=S) groups is 1. The van der Waals surface area contributed by atoms with Crippen molar-refractivity contribution in [3.8, 4) is 0 Å². The Hall–Kier alpha value is -2.02. The highest BCUT2D eigenvalue weighted by Gasteiger charge is 2.17. The normalized spacial score (nSPS) is 15.8. The van der Waals surface area contributed by atoms with Gasteiger partial charge in [-0.2, -0.15) is 0 Å². The fourth-order valence-electron chi connectivity index (χ4n) is 3.44. The van der Waals surface area contributed by atoms with Gasteiger partial charge in [-0.25, -0.2) is 4.39 Å². The predicted molar refractivity (Wildman–Crippen MR) is 114 cm³/mol. The summed E-state index contributed by atoms with van der Waals surface area (Å²) in [6.07, 6.45) is 0.988. The average Bonchev–Trinajstić information content (AvgIpc) is 2.73. The number of halogens is 1. The van der Waals surface area contributed by atoms with E-state index in [1.807, 2.05) is 6.07 Å². The van der Waals surface area contributed by atoms with Gasteiger partial charge in [0.1, 0.15) is 18.9 Å². The molecule has 1 heterocycles. The largest absolute Gasteiger partial charge is 0.370 e. The van der Waals surface area contributed by atoms with Crippen molar-refractivity contribution < 1.29 is 14.0 Å². The Balaban J connectivity index is 1.65. The molecule has 1 aliphatic rings. The van der Waals surface area contributed by atoms with E-state index in [2.05, 4.69) is 41.8 Å². The van der Waals surface area contributed by atoms with Gasteiger partial charge in [0.15, 0.2) is 5.11 Å². The van der Waals surface area contributed by atoms with E-state index in [4.69, 9.17) is 17.0 Å². The molecule has 1 atom stereocenters. The molecule has 1 aliphatic heterocycles. The monoisotopic (exact) mass is 402 g/mol. The Bertz CT molecular complexity index is 763. The Morgan fingerprint density at radius 2 is 1.89 bits per heavy atom. The molecule has 0 bridgehead atoms. The highest BCUT2D eigenvalue weighted by Crippen LogP contribution is 2.23. The molecular weight excluding hydrogens is 373 g/mol. The van der Waals surface area contributed by atoms with Crippen LogP contribution in [0.3, 0.4) is 0 Å². The SMILES string of the molecule is CCc1ccc([C@H](NC(=S)NCC[NH+]2CCOCC2)c2cccc(F)c2)cc1. The van der Waals surface area contributed by atoms with Crippen LogP contribution in [-0.2, 0) is 11.2 Å². The Morgan fingerprint density at radius 1 is 1.14 bits per heavy atom. The highest BCUT2D eigenvalue weighted by molar-refractivity contribution is 7.80. The number of nitrogens with one attached hydrogen (secondary N) is 3.